The van der Waals surface area contributed by atoms with Gasteiger partial charge in [0.05, 0.1) is 0 Å². The molecule has 0 rings (SSSR count). The fourth-order valence-electron chi connectivity index (χ4n) is 1.72. The van der Waals surface area contributed by atoms with Crippen LogP contribution in [0, 0.1) is 5.41 Å². The number of allylic oxidation sites excluding steroid dienone is 1. The van der Waals surface area contributed by atoms with Crippen molar-refractivity contribution in [2.24, 2.45) is 5.41 Å². The van der Waals surface area contributed by atoms with Gasteiger partial charge in [0, 0.05) is 6.61 Å². The first kappa shape index (κ1) is 20.2. The zero-order chi connectivity index (χ0) is 16.9. The topological polar surface area (TPSA) is 40.5 Å². The summed E-state index contributed by atoms with van der Waals surface area (Å²) in [6.45, 7) is 3.36. The lowest BCUT2D eigenvalue weighted by molar-refractivity contribution is -0.347. The van der Waals surface area contributed by atoms with E-state index >= 15 is 0 Å². The van der Waals surface area contributed by atoms with E-state index in [9.17, 15) is 26.3 Å². The van der Waals surface area contributed by atoms with Gasteiger partial charge in [-0.2, -0.15) is 26.3 Å². The highest BCUT2D eigenvalue weighted by Crippen LogP contribution is 2.44. The van der Waals surface area contributed by atoms with Gasteiger partial charge in [-0.25, -0.2) is 0 Å². The van der Waals surface area contributed by atoms with E-state index in [4.69, 9.17) is 10.2 Å². The van der Waals surface area contributed by atoms with Crippen LogP contribution in [0.15, 0.2) is 12.2 Å². The molecule has 0 unspecified atom stereocenters. The average molecular weight is 322 g/mol. The Morgan fingerprint density at radius 3 is 1.76 bits per heavy atom. The lowest BCUT2D eigenvalue weighted by atomic mass is 9.83. The van der Waals surface area contributed by atoms with Crippen LogP contribution >= 0.6 is 0 Å². The third-order valence-electron chi connectivity index (χ3n) is 3.16. The quantitative estimate of drug-likeness (QED) is 0.423. The van der Waals surface area contributed by atoms with Gasteiger partial charge < -0.3 is 10.2 Å². The monoisotopic (exact) mass is 322 g/mol. The van der Waals surface area contributed by atoms with Gasteiger partial charge in [-0.1, -0.05) is 26.3 Å². The van der Waals surface area contributed by atoms with Crippen molar-refractivity contribution in [3.05, 3.63) is 12.2 Å². The summed E-state index contributed by atoms with van der Waals surface area (Å²) >= 11 is 0. The molecule has 0 spiro atoms. The molecule has 2 N–H and O–H groups in total. The van der Waals surface area contributed by atoms with Gasteiger partial charge in [0.25, 0.3) is 5.60 Å². The minimum atomic E-state index is -5.83. The van der Waals surface area contributed by atoms with E-state index in [2.05, 4.69) is 0 Å². The normalized spacial score (nSPS) is 15.0. The molecule has 0 saturated carbocycles. The molecule has 0 saturated heterocycles. The number of aliphatic hydroxyl groups is 2. The molecule has 126 valence electrons. The van der Waals surface area contributed by atoms with E-state index in [0.29, 0.717) is 25.3 Å². The van der Waals surface area contributed by atoms with Gasteiger partial charge in [-0.3, -0.25) is 0 Å². The van der Waals surface area contributed by atoms with Crippen LogP contribution in [0.5, 0.6) is 0 Å². The van der Waals surface area contributed by atoms with Crippen LogP contribution in [0.2, 0.25) is 0 Å². The number of hydrogen-bond acceptors (Lipinski definition) is 2. The standard InChI is InChI=1S/C13H20F6O2/c1-10(2,6-3-4-9-20)7-5-8-11(21,12(14,15)16)13(17,18)19/h5,8,20-21H,3-4,6-7,9H2,1-2H3. The van der Waals surface area contributed by atoms with Crippen LogP contribution in [-0.2, 0) is 0 Å². The average Bonchev–Trinajstić information content (AvgIpc) is 2.25. The minimum Gasteiger partial charge on any atom is -0.396 e. The fraction of sp³-hybridized carbons (Fsp3) is 0.846. The summed E-state index contributed by atoms with van der Waals surface area (Å²) in [5.74, 6) is 0. The molecule has 0 aromatic rings. The largest absolute Gasteiger partial charge is 0.429 e. The predicted molar refractivity (Wildman–Crippen MR) is 65.5 cm³/mol. The summed E-state index contributed by atoms with van der Waals surface area (Å²) in [6.07, 6.45) is -9.57. The summed E-state index contributed by atoms with van der Waals surface area (Å²) in [5.41, 5.74) is -5.36. The SMILES string of the molecule is CC(C)(CC=CC(O)(C(F)(F)F)C(F)(F)F)CCCCO. The Morgan fingerprint density at radius 1 is 0.905 bits per heavy atom. The molecule has 0 aliphatic carbocycles. The molecule has 0 bridgehead atoms. The lowest BCUT2D eigenvalue weighted by Gasteiger charge is -2.30. The van der Waals surface area contributed by atoms with Gasteiger partial charge >= 0.3 is 12.4 Å². The van der Waals surface area contributed by atoms with E-state index in [1.165, 1.54) is 0 Å². The molecule has 0 aromatic heterocycles. The molecule has 0 aliphatic rings. The molecule has 0 amide bonds. The van der Waals surface area contributed by atoms with Crippen molar-refractivity contribution in [2.45, 2.75) is 57.5 Å². The first-order valence-electron chi connectivity index (χ1n) is 6.41. The van der Waals surface area contributed by atoms with Gasteiger partial charge in [0.2, 0.25) is 0 Å². The number of hydrogen-bond donors (Lipinski definition) is 2. The molecule has 0 radical (unpaired) electrons. The Bertz CT molecular complexity index is 330. The van der Waals surface area contributed by atoms with E-state index in [-0.39, 0.29) is 19.1 Å². The summed E-state index contributed by atoms with van der Waals surface area (Å²) in [5, 5.41) is 17.6. The molecule has 0 aliphatic heterocycles. The van der Waals surface area contributed by atoms with E-state index in [0.717, 1.165) is 0 Å². The van der Waals surface area contributed by atoms with Crippen LogP contribution in [0.3, 0.4) is 0 Å². The third-order valence-corrected chi connectivity index (χ3v) is 3.16. The highest BCUT2D eigenvalue weighted by molar-refractivity contribution is 5.11. The van der Waals surface area contributed by atoms with Crippen LogP contribution < -0.4 is 0 Å². The second-order valence-electron chi connectivity index (χ2n) is 5.71. The Labute approximate surface area is 119 Å². The summed E-state index contributed by atoms with van der Waals surface area (Å²) in [4.78, 5) is 0. The Morgan fingerprint density at radius 2 is 1.38 bits per heavy atom. The lowest BCUT2D eigenvalue weighted by Crippen LogP contribution is -2.55. The summed E-state index contributed by atoms with van der Waals surface area (Å²) in [7, 11) is 0. The van der Waals surface area contributed by atoms with Crippen LogP contribution in [0.25, 0.3) is 0 Å². The van der Waals surface area contributed by atoms with Crippen LogP contribution in [0.4, 0.5) is 26.3 Å². The maximum Gasteiger partial charge on any atom is 0.429 e. The summed E-state index contributed by atoms with van der Waals surface area (Å²) < 4.78 is 74.5. The van der Waals surface area contributed by atoms with Crippen LogP contribution in [-0.4, -0.2) is 34.8 Å². The third kappa shape index (κ3) is 5.86. The zero-order valence-electron chi connectivity index (χ0n) is 11.9. The molecular formula is C13H20F6O2. The Kier molecular flexibility index (Phi) is 6.75. The van der Waals surface area contributed by atoms with Crippen LogP contribution in [0.1, 0.15) is 39.5 Å². The fourth-order valence-corrected chi connectivity index (χ4v) is 1.72. The second-order valence-corrected chi connectivity index (χ2v) is 5.71. The van der Waals surface area contributed by atoms with Crippen molar-refractivity contribution in [2.75, 3.05) is 6.61 Å². The van der Waals surface area contributed by atoms with E-state index < -0.39 is 23.4 Å². The molecule has 0 fully saturated rings. The van der Waals surface area contributed by atoms with Gasteiger partial charge in [-0.15, -0.1) is 0 Å². The van der Waals surface area contributed by atoms with Crippen molar-refractivity contribution < 1.29 is 36.6 Å². The second kappa shape index (κ2) is 7.00. The molecule has 8 heteroatoms. The molecule has 0 aromatic carbocycles. The number of alkyl halides is 6. The minimum absolute atomic E-state index is 0.0200. The van der Waals surface area contributed by atoms with Crippen molar-refractivity contribution in [1.82, 2.24) is 0 Å². The first-order chi connectivity index (χ1) is 9.27. The van der Waals surface area contributed by atoms with Gasteiger partial charge in [0.15, 0.2) is 0 Å². The van der Waals surface area contributed by atoms with E-state index in [1.807, 2.05) is 0 Å². The Balaban J connectivity index is 4.90. The predicted octanol–water partition coefficient (Wildman–Crippen LogP) is 3.98. The number of aliphatic hydroxyl groups excluding tert-OH is 1. The number of halogens is 6. The molecular weight excluding hydrogens is 302 g/mol. The van der Waals surface area contributed by atoms with Crippen molar-refractivity contribution in [3.8, 4) is 0 Å². The van der Waals surface area contributed by atoms with Crippen molar-refractivity contribution in [1.29, 1.82) is 0 Å². The van der Waals surface area contributed by atoms with Gasteiger partial charge in [-0.05, 0) is 30.8 Å². The maximum atomic E-state index is 12.4. The zero-order valence-corrected chi connectivity index (χ0v) is 11.9. The molecule has 2 nitrogen and oxygen atoms in total. The van der Waals surface area contributed by atoms with Crippen molar-refractivity contribution >= 4 is 0 Å². The molecule has 0 heterocycles. The van der Waals surface area contributed by atoms with Gasteiger partial charge in [0.1, 0.15) is 0 Å². The van der Waals surface area contributed by atoms with Crippen molar-refractivity contribution in [3.63, 3.8) is 0 Å². The highest BCUT2D eigenvalue weighted by atomic mass is 19.4. The molecule has 21 heavy (non-hydrogen) atoms. The highest BCUT2D eigenvalue weighted by Gasteiger charge is 2.68. The smallest absolute Gasteiger partial charge is 0.396 e. The summed E-state index contributed by atoms with van der Waals surface area (Å²) in [6, 6.07) is 0. The number of rotatable bonds is 7. The Hall–Kier alpha value is -0.760. The maximum absolute atomic E-state index is 12.4. The number of unbranched alkanes of at least 4 members (excludes halogenated alkanes) is 1. The van der Waals surface area contributed by atoms with E-state index in [1.54, 1.807) is 13.8 Å². The first-order valence-corrected chi connectivity index (χ1v) is 6.41. The molecule has 0 atom stereocenters.